The van der Waals surface area contributed by atoms with Gasteiger partial charge in [-0.2, -0.15) is 5.26 Å². The van der Waals surface area contributed by atoms with E-state index in [0.29, 0.717) is 0 Å². The minimum absolute atomic E-state index is 0.127. The van der Waals surface area contributed by atoms with Crippen LogP contribution in [0.4, 0.5) is 0 Å². The third-order valence-electron chi connectivity index (χ3n) is 2.67. The molecule has 0 aliphatic heterocycles. The van der Waals surface area contributed by atoms with Gasteiger partial charge >= 0.3 is 5.97 Å². The number of hydrogen-bond acceptors (Lipinski definition) is 4. The fraction of sp³-hybridized carbons (Fsp3) is 0.846. The van der Waals surface area contributed by atoms with E-state index in [1.54, 1.807) is 13.8 Å². The Morgan fingerprint density at radius 1 is 1.37 bits per heavy atom. The van der Waals surface area contributed by atoms with Crippen molar-refractivity contribution >= 4 is 24.6 Å². The molecule has 0 N–H and O–H groups in total. The number of carbonyl (C=O) groups excluding carboxylic acids is 1. The number of esters is 1. The molecule has 0 rings (SSSR count). The SMILES string of the molecule is CC(C)N(C(C)C)P(Cl)C(C)(C)C(=O)OCCC#N. The predicted molar refractivity (Wildman–Crippen MR) is 80.2 cm³/mol. The van der Waals surface area contributed by atoms with Gasteiger partial charge in [-0.3, -0.25) is 9.46 Å². The summed E-state index contributed by atoms with van der Waals surface area (Å²) in [5, 5.41) is 7.69. The molecule has 0 aromatic rings. The Balaban J connectivity index is 4.86. The molecular formula is C13H24ClN2O2P. The summed E-state index contributed by atoms with van der Waals surface area (Å²) in [6, 6.07) is 2.47. The molecule has 6 heteroatoms. The maximum absolute atomic E-state index is 12.1. The standard InChI is InChI=1S/C13H24ClN2O2P/c1-10(2)16(11(3)4)19(14)13(5,6)12(17)18-9-7-8-15/h10-11H,7,9H2,1-6H3. The first-order chi connectivity index (χ1) is 8.66. The Kier molecular flexibility index (Phi) is 7.89. The number of carbonyl (C=O) groups is 1. The summed E-state index contributed by atoms with van der Waals surface area (Å²) in [5.74, 6) is -0.338. The van der Waals surface area contributed by atoms with Gasteiger partial charge in [-0.05, 0) is 41.5 Å². The maximum Gasteiger partial charge on any atom is 0.318 e. The summed E-state index contributed by atoms with van der Waals surface area (Å²) in [4.78, 5) is 12.1. The van der Waals surface area contributed by atoms with E-state index in [1.165, 1.54) is 0 Å². The molecule has 0 aromatic carbocycles. The first kappa shape index (κ1) is 18.6. The molecule has 0 bridgehead atoms. The van der Waals surface area contributed by atoms with Gasteiger partial charge in [0.25, 0.3) is 0 Å². The Morgan fingerprint density at radius 3 is 2.21 bits per heavy atom. The van der Waals surface area contributed by atoms with Gasteiger partial charge in [-0.15, -0.1) is 0 Å². The van der Waals surface area contributed by atoms with E-state index in [2.05, 4.69) is 32.4 Å². The zero-order valence-corrected chi connectivity index (χ0v) is 14.3. The third-order valence-corrected chi connectivity index (χ3v) is 6.89. The minimum Gasteiger partial charge on any atom is -0.464 e. The molecule has 0 saturated carbocycles. The summed E-state index contributed by atoms with van der Waals surface area (Å²) in [5.41, 5.74) is 0. The van der Waals surface area contributed by atoms with Crippen molar-refractivity contribution in [2.75, 3.05) is 6.61 Å². The van der Waals surface area contributed by atoms with E-state index in [4.69, 9.17) is 21.2 Å². The molecule has 4 nitrogen and oxygen atoms in total. The van der Waals surface area contributed by atoms with Crippen molar-refractivity contribution in [2.45, 2.75) is 65.2 Å². The molecule has 0 radical (unpaired) electrons. The fourth-order valence-corrected chi connectivity index (χ4v) is 4.59. The van der Waals surface area contributed by atoms with Crippen LogP contribution >= 0.6 is 18.7 Å². The second kappa shape index (κ2) is 8.04. The van der Waals surface area contributed by atoms with Crippen LogP contribution in [0, 0.1) is 11.3 Å². The fourth-order valence-electron chi connectivity index (χ4n) is 1.73. The molecule has 0 fully saturated rings. The van der Waals surface area contributed by atoms with E-state index in [9.17, 15) is 4.79 Å². The third kappa shape index (κ3) is 5.26. The highest BCUT2D eigenvalue weighted by molar-refractivity contribution is 7.84. The normalized spacial score (nSPS) is 13.7. The van der Waals surface area contributed by atoms with Gasteiger partial charge in [0.05, 0.1) is 19.9 Å². The number of nitrogens with zero attached hydrogens (tertiary/aromatic N) is 2. The molecule has 0 aliphatic carbocycles. The molecular weight excluding hydrogens is 283 g/mol. The van der Waals surface area contributed by atoms with Gasteiger partial charge in [0.2, 0.25) is 0 Å². The van der Waals surface area contributed by atoms with Crippen molar-refractivity contribution in [2.24, 2.45) is 0 Å². The number of nitriles is 1. The maximum atomic E-state index is 12.1. The van der Waals surface area contributed by atoms with Gasteiger partial charge in [0.1, 0.15) is 11.8 Å². The molecule has 0 amide bonds. The quantitative estimate of drug-likeness (QED) is 0.407. The molecule has 0 aliphatic rings. The van der Waals surface area contributed by atoms with Gasteiger partial charge in [0, 0.05) is 12.1 Å². The van der Waals surface area contributed by atoms with Crippen LogP contribution in [0.5, 0.6) is 0 Å². The minimum atomic E-state index is -1.18. The van der Waals surface area contributed by atoms with Crippen molar-refractivity contribution in [1.82, 2.24) is 4.67 Å². The number of halogens is 1. The summed E-state index contributed by atoms with van der Waals surface area (Å²) in [6.07, 6.45) is 0.208. The lowest BCUT2D eigenvalue weighted by molar-refractivity contribution is -0.145. The molecule has 0 heterocycles. The van der Waals surface area contributed by atoms with Crippen LogP contribution in [0.2, 0.25) is 0 Å². The van der Waals surface area contributed by atoms with E-state index in [1.807, 2.05) is 6.07 Å². The van der Waals surface area contributed by atoms with Crippen LogP contribution in [0.25, 0.3) is 0 Å². The lowest BCUT2D eigenvalue weighted by Gasteiger charge is -2.40. The van der Waals surface area contributed by atoms with Crippen LogP contribution in [-0.2, 0) is 9.53 Å². The Labute approximate surface area is 122 Å². The van der Waals surface area contributed by atoms with Crippen molar-refractivity contribution in [1.29, 1.82) is 5.26 Å². The number of hydrogen-bond donors (Lipinski definition) is 0. The van der Waals surface area contributed by atoms with Crippen molar-refractivity contribution in [3.63, 3.8) is 0 Å². The average Bonchev–Trinajstić information content (AvgIpc) is 2.27. The van der Waals surface area contributed by atoms with Crippen molar-refractivity contribution in [3.8, 4) is 6.07 Å². The van der Waals surface area contributed by atoms with Crippen LogP contribution in [0.15, 0.2) is 0 Å². The van der Waals surface area contributed by atoms with Crippen LogP contribution < -0.4 is 0 Å². The van der Waals surface area contributed by atoms with Crippen LogP contribution in [0.1, 0.15) is 48.0 Å². The highest BCUT2D eigenvalue weighted by Gasteiger charge is 2.42. The van der Waals surface area contributed by atoms with Gasteiger partial charge in [-0.25, -0.2) is 0 Å². The summed E-state index contributed by atoms with van der Waals surface area (Å²) in [6.45, 7) is 12.0. The lowest BCUT2D eigenvalue weighted by atomic mass is 10.2. The second-order valence-corrected chi connectivity index (χ2v) is 8.49. The van der Waals surface area contributed by atoms with Crippen LogP contribution in [0.3, 0.4) is 0 Å². The Hall–Kier alpha value is -0.360. The van der Waals surface area contributed by atoms with Crippen molar-refractivity contribution in [3.05, 3.63) is 0 Å². The predicted octanol–water partition coefficient (Wildman–Crippen LogP) is 3.89. The average molecular weight is 307 g/mol. The zero-order valence-electron chi connectivity index (χ0n) is 12.6. The Bertz CT molecular complexity index is 332. The topological polar surface area (TPSA) is 53.3 Å². The molecule has 1 unspecified atom stereocenters. The van der Waals surface area contributed by atoms with Gasteiger partial charge in [0.15, 0.2) is 0 Å². The first-order valence-corrected chi connectivity index (χ1v) is 8.64. The highest BCUT2D eigenvalue weighted by atomic mass is 35.7. The van der Waals surface area contributed by atoms with E-state index in [-0.39, 0.29) is 31.1 Å². The monoisotopic (exact) mass is 306 g/mol. The molecule has 110 valence electrons. The molecule has 0 spiro atoms. The van der Waals surface area contributed by atoms with E-state index < -0.39 is 12.6 Å². The van der Waals surface area contributed by atoms with Crippen molar-refractivity contribution < 1.29 is 9.53 Å². The van der Waals surface area contributed by atoms with E-state index in [0.717, 1.165) is 0 Å². The smallest absolute Gasteiger partial charge is 0.318 e. The summed E-state index contributed by atoms with van der Waals surface area (Å²) < 4.78 is 7.26. The number of rotatable bonds is 7. The van der Waals surface area contributed by atoms with Gasteiger partial charge < -0.3 is 4.74 Å². The summed E-state index contributed by atoms with van der Waals surface area (Å²) >= 11 is 6.56. The lowest BCUT2D eigenvalue weighted by Crippen LogP contribution is -2.41. The zero-order chi connectivity index (χ0) is 15.2. The highest BCUT2D eigenvalue weighted by Crippen LogP contribution is 2.59. The first-order valence-electron chi connectivity index (χ1n) is 6.44. The number of ether oxygens (including phenoxy) is 1. The van der Waals surface area contributed by atoms with Crippen LogP contribution in [-0.4, -0.2) is 34.5 Å². The summed E-state index contributed by atoms with van der Waals surface area (Å²) in [7, 11) is -1.18. The molecule has 0 saturated heterocycles. The Morgan fingerprint density at radius 2 is 1.84 bits per heavy atom. The van der Waals surface area contributed by atoms with Gasteiger partial charge in [-0.1, -0.05) is 11.2 Å². The molecule has 0 aromatic heterocycles. The largest absolute Gasteiger partial charge is 0.464 e. The second-order valence-electron chi connectivity index (χ2n) is 5.43. The molecule has 1 atom stereocenters. The molecule has 19 heavy (non-hydrogen) atoms. The van der Waals surface area contributed by atoms with E-state index >= 15 is 0 Å².